The van der Waals surface area contributed by atoms with Crippen molar-refractivity contribution in [3.8, 4) is 17.3 Å². The van der Waals surface area contributed by atoms with Crippen molar-refractivity contribution >= 4 is 15.8 Å². The third-order valence-corrected chi connectivity index (χ3v) is 8.23. The van der Waals surface area contributed by atoms with Gasteiger partial charge < -0.3 is 9.64 Å². The number of aryl methyl sites for hydroxylation is 2. The Kier molecular flexibility index (Phi) is 6.46. The molecule has 0 bridgehead atoms. The number of piperazine rings is 1. The van der Waals surface area contributed by atoms with Gasteiger partial charge in [0.25, 0.3) is 0 Å². The monoisotopic (exact) mass is 504 g/mol. The van der Waals surface area contributed by atoms with E-state index in [9.17, 15) is 8.42 Å². The smallest absolute Gasteiger partial charge is 0.243 e. The molecule has 2 aromatic carbocycles. The molecule has 2 aromatic heterocycles. The van der Waals surface area contributed by atoms with Gasteiger partial charge in [-0.3, -0.25) is 4.57 Å². The van der Waals surface area contributed by atoms with E-state index in [1.165, 1.54) is 4.31 Å². The highest BCUT2D eigenvalue weighted by Gasteiger charge is 2.29. The number of anilines is 1. The van der Waals surface area contributed by atoms with Crippen molar-refractivity contribution in [2.75, 3.05) is 31.1 Å². The molecule has 0 spiro atoms. The maximum atomic E-state index is 13.3. The first-order chi connectivity index (χ1) is 17.3. The van der Waals surface area contributed by atoms with Crippen molar-refractivity contribution in [2.45, 2.75) is 25.7 Å². The summed E-state index contributed by atoms with van der Waals surface area (Å²) in [6.45, 7) is 7.63. The average molecular weight is 505 g/mol. The second-order valence-corrected chi connectivity index (χ2v) is 10.6. The minimum absolute atomic E-state index is 0.252. The van der Waals surface area contributed by atoms with Crippen LogP contribution in [-0.2, 0) is 10.0 Å². The van der Waals surface area contributed by atoms with E-state index >= 15 is 0 Å². The van der Waals surface area contributed by atoms with Crippen molar-refractivity contribution in [3.05, 3.63) is 84.2 Å². The number of hydrogen-bond acceptors (Lipinski definition) is 7. The lowest BCUT2D eigenvalue weighted by Crippen LogP contribution is -2.49. The van der Waals surface area contributed by atoms with Gasteiger partial charge in [0, 0.05) is 37.9 Å². The number of aromatic nitrogens is 4. The Morgan fingerprint density at radius 3 is 2.08 bits per heavy atom. The van der Waals surface area contributed by atoms with Gasteiger partial charge in [-0.15, -0.1) is 0 Å². The lowest BCUT2D eigenvalue weighted by atomic mass is 10.3. The molecule has 5 rings (SSSR count). The number of para-hydroxylation sites is 1. The molecule has 1 aliphatic rings. The molecule has 0 saturated carbocycles. The van der Waals surface area contributed by atoms with E-state index in [1.807, 2.05) is 61.7 Å². The third kappa shape index (κ3) is 4.82. The number of nitrogens with zero attached hydrogens (tertiary/aromatic N) is 6. The molecule has 1 fully saturated rings. The van der Waals surface area contributed by atoms with Gasteiger partial charge in [0.15, 0.2) is 0 Å². The zero-order valence-corrected chi connectivity index (χ0v) is 21.3. The first-order valence-corrected chi connectivity index (χ1v) is 13.2. The molecule has 0 atom stereocenters. The summed E-state index contributed by atoms with van der Waals surface area (Å²) in [7, 11) is -3.61. The van der Waals surface area contributed by atoms with E-state index < -0.39 is 10.0 Å². The molecule has 0 amide bonds. The molecule has 0 N–H and O–H groups in total. The SMILES string of the molecule is Cc1nc(N2CCN(S(=O)(=O)c3ccc(Oc4ccccc4)cc3)CC2)cc(-n2cnc(C)c2C)n1. The fraction of sp³-hybridized carbons (Fsp3) is 0.269. The summed E-state index contributed by atoms with van der Waals surface area (Å²) >= 11 is 0. The highest BCUT2D eigenvalue weighted by molar-refractivity contribution is 7.89. The van der Waals surface area contributed by atoms with Gasteiger partial charge in [0.2, 0.25) is 10.0 Å². The number of hydrogen-bond donors (Lipinski definition) is 0. The fourth-order valence-corrected chi connectivity index (χ4v) is 5.58. The summed E-state index contributed by atoms with van der Waals surface area (Å²) in [4.78, 5) is 15.9. The van der Waals surface area contributed by atoms with Crippen LogP contribution in [0.2, 0.25) is 0 Å². The molecular weight excluding hydrogens is 476 g/mol. The van der Waals surface area contributed by atoms with Gasteiger partial charge in [-0.1, -0.05) is 18.2 Å². The maximum absolute atomic E-state index is 13.3. The van der Waals surface area contributed by atoms with Crippen LogP contribution in [-0.4, -0.2) is 58.4 Å². The molecule has 0 unspecified atom stereocenters. The molecular formula is C26H28N6O3S. The zero-order valence-electron chi connectivity index (χ0n) is 20.5. The van der Waals surface area contributed by atoms with Gasteiger partial charge >= 0.3 is 0 Å². The molecule has 10 heteroatoms. The molecule has 4 aromatic rings. The Morgan fingerprint density at radius 2 is 1.44 bits per heavy atom. The first-order valence-electron chi connectivity index (χ1n) is 11.8. The van der Waals surface area contributed by atoms with E-state index in [0.29, 0.717) is 43.5 Å². The Bertz CT molecular complexity index is 1460. The van der Waals surface area contributed by atoms with Gasteiger partial charge in [0.05, 0.1) is 10.6 Å². The predicted octanol–water partition coefficient (Wildman–Crippen LogP) is 3.89. The highest BCUT2D eigenvalue weighted by atomic mass is 32.2. The minimum Gasteiger partial charge on any atom is -0.457 e. The van der Waals surface area contributed by atoms with Gasteiger partial charge in [-0.2, -0.15) is 4.31 Å². The van der Waals surface area contributed by atoms with Crippen LogP contribution >= 0.6 is 0 Å². The quantitative estimate of drug-likeness (QED) is 0.393. The summed E-state index contributed by atoms with van der Waals surface area (Å²) < 4.78 is 35.8. The summed E-state index contributed by atoms with van der Waals surface area (Å²) in [5.41, 5.74) is 1.97. The van der Waals surface area contributed by atoms with E-state index in [0.717, 1.165) is 23.0 Å². The van der Waals surface area contributed by atoms with E-state index in [4.69, 9.17) is 4.74 Å². The van der Waals surface area contributed by atoms with Crippen molar-refractivity contribution in [3.63, 3.8) is 0 Å². The second-order valence-electron chi connectivity index (χ2n) is 8.69. The minimum atomic E-state index is -3.61. The van der Waals surface area contributed by atoms with Crippen LogP contribution < -0.4 is 9.64 Å². The van der Waals surface area contributed by atoms with Gasteiger partial charge in [-0.05, 0) is 57.2 Å². The van der Waals surface area contributed by atoms with E-state index in [2.05, 4.69) is 19.9 Å². The number of benzene rings is 2. The van der Waals surface area contributed by atoms with E-state index in [-0.39, 0.29) is 4.90 Å². The average Bonchev–Trinajstić information content (AvgIpc) is 3.22. The highest BCUT2D eigenvalue weighted by Crippen LogP contribution is 2.26. The maximum Gasteiger partial charge on any atom is 0.243 e. The molecule has 1 aliphatic heterocycles. The van der Waals surface area contributed by atoms with Crippen LogP contribution in [0.4, 0.5) is 5.82 Å². The lowest BCUT2D eigenvalue weighted by molar-refractivity contribution is 0.383. The van der Waals surface area contributed by atoms with Gasteiger partial charge in [0.1, 0.15) is 35.3 Å². The topological polar surface area (TPSA) is 93.5 Å². The van der Waals surface area contributed by atoms with Crippen LogP contribution in [0, 0.1) is 20.8 Å². The molecule has 36 heavy (non-hydrogen) atoms. The fourth-order valence-electron chi connectivity index (χ4n) is 4.16. The van der Waals surface area contributed by atoms with Crippen LogP contribution in [0.15, 0.2) is 71.9 Å². The lowest BCUT2D eigenvalue weighted by Gasteiger charge is -2.34. The molecule has 186 valence electrons. The molecule has 0 radical (unpaired) electrons. The largest absolute Gasteiger partial charge is 0.457 e. The Morgan fingerprint density at radius 1 is 0.806 bits per heavy atom. The molecule has 9 nitrogen and oxygen atoms in total. The van der Waals surface area contributed by atoms with E-state index in [1.54, 1.807) is 30.6 Å². The summed E-state index contributed by atoms with van der Waals surface area (Å²) in [6, 6.07) is 17.9. The van der Waals surface area contributed by atoms with Crippen LogP contribution in [0.1, 0.15) is 17.2 Å². The number of ether oxygens (including phenoxy) is 1. The van der Waals surface area contributed by atoms with Crippen molar-refractivity contribution < 1.29 is 13.2 Å². The van der Waals surface area contributed by atoms with Gasteiger partial charge in [-0.25, -0.2) is 23.4 Å². The number of imidazole rings is 1. The van der Waals surface area contributed by atoms with Crippen LogP contribution in [0.25, 0.3) is 5.82 Å². The Hall–Kier alpha value is -3.76. The summed E-state index contributed by atoms with van der Waals surface area (Å²) in [5.74, 6) is 3.47. The number of sulfonamides is 1. The molecule has 1 saturated heterocycles. The van der Waals surface area contributed by atoms with Crippen molar-refractivity contribution in [1.29, 1.82) is 0 Å². The summed E-state index contributed by atoms with van der Waals surface area (Å²) in [5, 5.41) is 0. The molecule has 0 aliphatic carbocycles. The standard InChI is InChI=1S/C26H28N6O3S/c1-19-20(2)32(18-27-19)26-17-25(28-21(3)29-26)30-13-15-31(16-14-30)36(33,34)24-11-9-23(10-12-24)35-22-7-5-4-6-8-22/h4-12,17-18H,13-16H2,1-3H3. The third-order valence-electron chi connectivity index (χ3n) is 6.31. The Labute approximate surface area is 211 Å². The molecule has 3 heterocycles. The second kappa shape index (κ2) is 9.71. The van der Waals surface area contributed by atoms with Crippen LogP contribution in [0.3, 0.4) is 0 Å². The van der Waals surface area contributed by atoms with Crippen LogP contribution in [0.5, 0.6) is 11.5 Å². The normalized spacial score (nSPS) is 14.7. The first kappa shape index (κ1) is 24.0. The predicted molar refractivity (Wildman–Crippen MR) is 137 cm³/mol. The number of rotatable bonds is 6. The Balaban J connectivity index is 1.27. The summed E-state index contributed by atoms with van der Waals surface area (Å²) in [6.07, 6.45) is 1.76. The van der Waals surface area contributed by atoms with Crippen molar-refractivity contribution in [1.82, 2.24) is 23.8 Å². The zero-order chi connectivity index (χ0) is 25.3. The van der Waals surface area contributed by atoms with Crippen molar-refractivity contribution in [2.24, 2.45) is 0 Å².